The van der Waals surface area contributed by atoms with Crippen LogP contribution < -0.4 is 0 Å². The lowest BCUT2D eigenvalue weighted by Crippen LogP contribution is -2.29. The van der Waals surface area contributed by atoms with Crippen LogP contribution in [0.2, 0.25) is 0 Å². The molecule has 13 heavy (non-hydrogen) atoms. The second-order valence-electron chi connectivity index (χ2n) is 2.81. The third-order valence-corrected chi connectivity index (χ3v) is 2.43. The molecule has 1 aromatic rings. The van der Waals surface area contributed by atoms with Crippen molar-refractivity contribution < 1.29 is 9.53 Å². The lowest BCUT2D eigenvalue weighted by molar-refractivity contribution is -0.134. The highest BCUT2D eigenvalue weighted by atomic mass is 32.1. The first-order valence-electron chi connectivity index (χ1n) is 3.98. The van der Waals surface area contributed by atoms with Crippen LogP contribution in [0.4, 0.5) is 0 Å². The summed E-state index contributed by atoms with van der Waals surface area (Å²) in [7, 11) is 3.30. The molecule has 0 aliphatic carbocycles. The van der Waals surface area contributed by atoms with Crippen molar-refractivity contribution in [2.45, 2.75) is 6.54 Å². The predicted molar refractivity (Wildman–Crippen MR) is 52.7 cm³/mol. The van der Waals surface area contributed by atoms with E-state index in [1.54, 1.807) is 23.3 Å². The molecule has 1 heterocycles. The maximum atomic E-state index is 11.3. The van der Waals surface area contributed by atoms with E-state index >= 15 is 0 Å². The topological polar surface area (TPSA) is 29.5 Å². The van der Waals surface area contributed by atoms with Crippen molar-refractivity contribution in [3.8, 4) is 0 Å². The molecular weight excluding hydrogens is 186 g/mol. The van der Waals surface area contributed by atoms with Crippen LogP contribution in [0.3, 0.4) is 0 Å². The number of carbonyl (C=O) groups is 1. The van der Waals surface area contributed by atoms with Gasteiger partial charge in [-0.3, -0.25) is 4.79 Å². The van der Waals surface area contributed by atoms with Crippen LogP contribution in [0, 0.1) is 0 Å². The molecule has 0 saturated heterocycles. The Kier molecular flexibility index (Phi) is 3.92. The molecule has 72 valence electrons. The number of amides is 1. The van der Waals surface area contributed by atoms with Crippen LogP contribution in [0.5, 0.6) is 0 Å². The minimum atomic E-state index is 0.00806. The number of hydrogen-bond acceptors (Lipinski definition) is 3. The van der Waals surface area contributed by atoms with E-state index in [1.807, 2.05) is 16.8 Å². The fraction of sp³-hybridized carbons (Fsp3) is 0.444. The highest BCUT2D eigenvalue weighted by Gasteiger charge is 2.07. The van der Waals surface area contributed by atoms with Gasteiger partial charge in [-0.1, -0.05) is 0 Å². The summed E-state index contributed by atoms with van der Waals surface area (Å²) in [5.41, 5.74) is 1.16. The van der Waals surface area contributed by atoms with Crippen molar-refractivity contribution in [3.63, 3.8) is 0 Å². The second-order valence-corrected chi connectivity index (χ2v) is 3.59. The maximum absolute atomic E-state index is 11.3. The van der Waals surface area contributed by atoms with E-state index in [-0.39, 0.29) is 12.5 Å². The van der Waals surface area contributed by atoms with Crippen molar-refractivity contribution >= 4 is 17.2 Å². The summed E-state index contributed by atoms with van der Waals surface area (Å²) in [4.78, 5) is 12.9. The minimum Gasteiger partial charge on any atom is -0.375 e. The van der Waals surface area contributed by atoms with E-state index in [9.17, 15) is 4.79 Å². The number of nitrogens with zero attached hydrogens (tertiary/aromatic N) is 1. The van der Waals surface area contributed by atoms with Gasteiger partial charge in [0.2, 0.25) is 5.91 Å². The van der Waals surface area contributed by atoms with E-state index in [4.69, 9.17) is 4.74 Å². The van der Waals surface area contributed by atoms with Crippen molar-refractivity contribution in [1.82, 2.24) is 4.90 Å². The second kappa shape index (κ2) is 4.99. The zero-order chi connectivity index (χ0) is 9.68. The molecule has 0 aliphatic heterocycles. The van der Waals surface area contributed by atoms with Crippen LogP contribution in [0.25, 0.3) is 0 Å². The quantitative estimate of drug-likeness (QED) is 0.732. The zero-order valence-corrected chi connectivity index (χ0v) is 8.63. The summed E-state index contributed by atoms with van der Waals surface area (Å²) < 4.78 is 4.76. The van der Waals surface area contributed by atoms with Gasteiger partial charge in [0.05, 0.1) is 0 Å². The Labute approximate surface area is 81.9 Å². The van der Waals surface area contributed by atoms with Gasteiger partial charge in [-0.05, 0) is 22.4 Å². The molecule has 0 bridgehead atoms. The van der Waals surface area contributed by atoms with Crippen LogP contribution in [0.1, 0.15) is 5.56 Å². The molecular formula is C9H13NO2S. The van der Waals surface area contributed by atoms with Crippen LogP contribution in [-0.2, 0) is 16.1 Å². The van der Waals surface area contributed by atoms with E-state index in [1.165, 1.54) is 7.11 Å². The summed E-state index contributed by atoms with van der Waals surface area (Å²) >= 11 is 1.64. The number of carbonyl (C=O) groups excluding carboxylic acids is 1. The lowest BCUT2D eigenvalue weighted by Gasteiger charge is -2.15. The van der Waals surface area contributed by atoms with Crippen molar-refractivity contribution in [2.75, 3.05) is 20.8 Å². The lowest BCUT2D eigenvalue weighted by atomic mass is 10.3. The van der Waals surface area contributed by atoms with E-state index in [0.29, 0.717) is 6.54 Å². The third-order valence-electron chi connectivity index (χ3n) is 1.69. The third kappa shape index (κ3) is 3.16. The number of ether oxygens (including phenoxy) is 1. The first kappa shape index (κ1) is 10.2. The number of hydrogen-bond donors (Lipinski definition) is 0. The number of likely N-dealkylation sites (N-methyl/N-ethyl adjacent to an activating group) is 1. The average Bonchev–Trinajstić information content (AvgIpc) is 2.57. The van der Waals surface area contributed by atoms with Gasteiger partial charge in [-0.25, -0.2) is 0 Å². The monoisotopic (exact) mass is 199 g/mol. The predicted octanol–water partition coefficient (Wildman–Crippen LogP) is 1.35. The Morgan fingerprint density at radius 1 is 1.69 bits per heavy atom. The highest BCUT2D eigenvalue weighted by molar-refractivity contribution is 7.07. The molecule has 0 aromatic carbocycles. The molecule has 0 spiro atoms. The molecule has 0 N–H and O–H groups in total. The standard InChI is InChI=1S/C9H13NO2S/c1-10(9(11)6-12-2)5-8-3-4-13-7-8/h3-4,7H,5-6H2,1-2H3. The molecule has 0 saturated carbocycles. The van der Waals surface area contributed by atoms with Gasteiger partial charge in [0.15, 0.2) is 0 Å². The largest absolute Gasteiger partial charge is 0.375 e. The Morgan fingerprint density at radius 2 is 2.46 bits per heavy atom. The van der Waals surface area contributed by atoms with Gasteiger partial charge in [0.1, 0.15) is 6.61 Å². The van der Waals surface area contributed by atoms with Gasteiger partial charge in [-0.15, -0.1) is 0 Å². The van der Waals surface area contributed by atoms with Gasteiger partial charge < -0.3 is 9.64 Å². The van der Waals surface area contributed by atoms with E-state index in [0.717, 1.165) is 5.56 Å². The fourth-order valence-corrected chi connectivity index (χ4v) is 1.64. The molecule has 0 unspecified atom stereocenters. The molecule has 3 nitrogen and oxygen atoms in total. The van der Waals surface area contributed by atoms with Gasteiger partial charge >= 0.3 is 0 Å². The van der Waals surface area contributed by atoms with E-state index < -0.39 is 0 Å². The normalized spacial score (nSPS) is 10.0. The Balaban J connectivity index is 2.41. The van der Waals surface area contributed by atoms with Crippen molar-refractivity contribution in [2.24, 2.45) is 0 Å². The first-order chi connectivity index (χ1) is 6.24. The summed E-state index contributed by atoms with van der Waals surface area (Å²) in [5.74, 6) is 0.00806. The highest BCUT2D eigenvalue weighted by Crippen LogP contribution is 2.08. The van der Waals surface area contributed by atoms with Crippen molar-refractivity contribution in [1.29, 1.82) is 0 Å². The molecule has 0 atom stereocenters. The Bertz CT molecular complexity index is 259. The minimum absolute atomic E-state index is 0.00806. The SMILES string of the molecule is COCC(=O)N(C)Cc1ccsc1. The van der Waals surface area contributed by atoms with Crippen LogP contribution >= 0.6 is 11.3 Å². The Hall–Kier alpha value is -0.870. The zero-order valence-electron chi connectivity index (χ0n) is 7.82. The van der Waals surface area contributed by atoms with Gasteiger partial charge in [-0.2, -0.15) is 11.3 Å². The van der Waals surface area contributed by atoms with Crippen LogP contribution in [-0.4, -0.2) is 31.6 Å². The Morgan fingerprint density at radius 3 is 3.00 bits per heavy atom. The maximum Gasteiger partial charge on any atom is 0.248 e. The van der Waals surface area contributed by atoms with Gasteiger partial charge in [0.25, 0.3) is 0 Å². The molecule has 1 rings (SSSR count). The number of methoxy groups -OCH3 is 1. The fourth-order valence-electron chi connectivity index (χ4n) is 0.978. The molecule has 4 heteroatoms. The molecule has 0 radical (unpaired) electrons. The van der Waals surface area contributed by atoms with E-state index in [2.05, 4.69) is 0 Å². The number of rotatable bonds is 4. The van der Waals surface area contributed by atoms with Crippen LogP contribution in [0.15, 0.2) is 16.8 Å². The summed E-state index contributed by atoms with van der Waals surface area (Å²) in [6, 6.07) is 2.02. The van der Waals surface area contributed by atoms with Gasteiger partial charge in [0, 0.05) is 20.7 Å². The molecule has 1 aromatic heterocycles. The molecule has 0 fully saturated rings. The first-order valence-corrected chi connectivity index (χ1v) is 4.92. The summed E-state index contributed by atoms with van der Waals surface area (Å²) in [5, 5.41) is 4.04. The summed E-state index contributed by atoms with van der Waals surface area (Å²) in [6.07, 6.45) is 0. The van der Waals surface area contributed by atoms with Crippen molar-refractivity contribution in [3.05, 3.63) is 22.4 Å². The molecule has 0 aliphatic rings. The smallest absolute Gasteiger partial charge is 0.248 e. The number of thiophene rings is 1. The average molecular weight is 199 g/mol. The molecule has 1 amide bonds. The summed E-state index contributed by atoms with van der Waals surface area (Å²) in [6.45, 7) is 0.812.